The van der Waals surface area contributed by atoms with Gasteiger partial charge in [-0.25, -0.2) is 9.59 Å². The van der Waals surface area contributed by atoms with Gasteiger partial charge in [-0.05, 0) is 16.7 Å². The van der Waals surface area contributed by atoms with Crippen molar-refractivity contribution in [1.82, 2.24) is 10.2 Å². The van der Waals surface area contributed by atoms with Crippen molar-refractivity contribution in [2.75, 3.05) is 5.75 Å². The Kier molecular flexibility index (Phi) is 10.3. The molecule has 2 amide bonds. The zero-order valence-corrected chi connectivity index (χ0v) is 23.3. The summed E-state index contributed by atoms with van der Waals surface area (Å²) < 4.78 is 10.9. The molecule has 1 N–H and O–H groups in total. The molecule has 0 aliphatic carbocycles. The smallest absolute Gasteiger partial charge is 0.341 e. The number of ether oxygens (including phenoxy) is 2. The fourth-order valence-corrected chi connectivity index (χ4v) is 5.13. The van der Waals surface area contributed by atoms with Crippen LogP contribution in [0.15, 0.2) is 91.0 Å². The van der Waals surface area contributed by atoms with Gasteiger partial charge in [0.2, 0.25) is 17.9 Å². The molecule has 1 heterocycles. The van der Waals surface area contributed by atoms with Crippen LogP contribution in [-0.2, 0) is 53.1 Å². The maximum atomic E-state index is 13.4. The summed E-state index contributed by atoms with van der Waals surface area (Å²) in [6.07, 6.45) is 0.0405. The number of thioether (sulfide) groups is 1. The van der Waals surface area contributed by atoms with Gasteiger partial charge in [0.1, 0.15) is 19.3 Å². The second-order valence-corrected chi connectivity index (χ2v) is 10.6. The first-order valence-electron chi connectivity index (χ1n) is 13.0. The Morgan fingerprint density at radius 1 is 0.780 bits per heavy atom. The van der Waals surface area contributed by atoms with Crippen LogP contribution in [0.25, 0.3) is 0 Å². The number of hydrogen-bond donors (Lipinski definition) is 1. The van der Waals surface area contributed by atoms with E-state index in [1.54, 1.807) is 72.8 Å². The Balaban J connectivity index is 1.53. The number of esters is 2. The van der Waals surface area contributed by atoms with Crippen molar-refractivity contribution in [3.8, 4) is 0 Å². The Bertz CT molecular complexity index is 1310. The lowest BCUT2D eigenvalue weighted by Gasteiger charge is -2.48. The molecule has 1 aliphatic rings. The molecule has 41 heavy (non-hydrogen) atoms. The Morgan fingerprint density at radius 3 is 1.71 bits per heavy atom. The van der Waals surface area contributed by atoms with Gasteiger partial charge in [-0.2, -0.15) is 0 Å². The number of β-lactam (4-membered cyclic amide) rings is 1. The van der Waals surface area contributed by atoms with Crippen molar-refractivity contribution in [2.24, 2.45) is 0 Å². The van der Waals surface area contributed by atoms with Gasteiger partial charge < -0.3 is 19.7 Å². The fraction of sp³-hybridized carbons (Fsp3) is 0.258. The highest BCUT2D eigenvalue weighted by molar-refractivity contribution is 8.13. The lowest BCUT2D eigenvalue weighted by Crippen LogP contribution is -2.76. The van der Waals surface area contributed by atoms with Gasteiger partial charge in [0, 0.05) is 12.7 Å². The molecule has 1 saturated heterocycles. The number of nitrogens with one attached hydrogen (secondary N) is 1. The van der Waals surface area contributed by atoms with E-state index in [1.165, 1.54) is 6.92 Å². The Labute approximate surface area is 242 Å². The fourth-order valence-electron chi connectivity index (χ4n) is 4.37. The molecule has 1 fully saturated rings. The van der Waals surface area contributed by atoms with Crippen LogP contribution in [0.5, 0.6) is 0 Å². The molecule has 0 spiro atoms. The first-order chi connectivity index (χ1) is 19.8. The van der Waals surface area contributed by atoms with Crippen molar-refractivity contribution in [1.29, 1.82) is 0 Å². The van der Waals surface area contributed by atoms with E-state index in [0.717, 1.165) is 22.2 Å². The number of likely N-dealkylation sites (tertiary alicyclic amines) is 1. The van der Waals surface area contributed by atoms with E-state index in [9.17, 15) is 24.0 Å². The zero-order valence-electron chi connectivity index (χ0n) is 22.4. The van der Waals surface area contributed by atoms with Crippen molar-refractivity contribution in [3.63, 3.8) is 0 Å². The molecule has 3 aromatic carbocycles. The molecule has 0 aromatic heterocycles. The summed E-state index contributed by atoms with van der Waals surface area (Å²) in [4.78, 5) is 65.7. The third kappa shape index (κ3) is 8.04. The summed E-state index contributed by atoms with van der Waals surface area (Å²) in [6.45, 7) is 1.14. The van der Waals surface area contributed by atoms with Crippen LogP contribution in [0.2, 0.25) is 0 Å². The zero-order chi connectivity index (χ0) is 29.2. The number of amides is 2. The van der Waals surface area contributed by atoms with E-state index < -0.39 is 41.9 Å². The average Bonchev–Trinajstić information content (AvgIpc) is 2.98. The van der Waals surface area contributed by atoms with Crippen LogP contribution in [0.1, 0.15) is 23.6 Å². The molecule has 2 atom stereocenters. The predicted octanol–water partition coefficient (Wildman–Crippen LogP) is 3.06. The quantitative estimate of drug-likeness (QED) is 0.199. The van der Waals surface area contributed by atoms with Crippen molar-refractivity contribution < 1.29 is 33.4 Å². The molecule has 4 rings (SSSR count). The van der Waals surface area contributed by atoms with Crippen LogP contribution in [0.4, 0.5) is 0 Å². The minimum Gasteiger partial charge on any atom is -0.459 e. The summed E-state index contributed by atoms with van der Waals surface area (Å²) in [7, 11) is 0. The summed E-state index contributed by atoms with van der Waals surface area (Å²) in [5.74, 6) is -2.91. The highest BCUT2D eigenvalue weighted by Gasteiger charge is 2.56. The van der Waals surface area contributed by atoms with E-state index in [-0.39, 0.29) is 30.5 Å². The normalized spacial score (nSPS) is 16.0. The minimum atomic E-state index is -1.71. The molecular formula is C31H30N2O7S. The molecule has 0 unspecified atom stereocenters. The monoisotopic (exact) mass is 574 g/mol. The average molecular weight is 575 g/mol. The summed E-state index contributed by atoms with van der Waals surface area (Å²) >= 11 is 0.929. The number of carbonyl (C=O) groups excluding carboxylic acids is 5. The number of hydrogen-bond acceptors (Lipinski definition) is 8. The first-order valence-corrected chi connectivity index (χ1v) is 14.0. The third-order valence-corrected chi connectivity index (χ3v) is 7.33. The standard InChI is InChI=1S/C31H30N2O7S/c1-21(34)41-20-25-27(32-26(35)17-22-11-5-2-6-12-22)29(36)33(25)28(30(37)39-18-23-13-7-3-8-14-23)31(38)40-19-24-15-9-4-10-16-24/h2-16,25,27-28H,17-20H2,1H3,(H,32,35)/t25-,27+/m1/s1. The molecule has 212 valence electrons. The SMILES string of the molecule is CC(=O)SC[C@@H]1[C@H](NC(=O)Cc2ccccc2)C(=O)N1C(C(=O)OCc1ccccc1)C(=O)OCc1ccccc1. The maximum Gasteiger partial charge on any atom is 0.341 e. The number of benzene rings is 3. The third-order valence-electron chi connectivity index (χ3n) is 6.42. The van der Waals surface area contributed by atoms with Crippen molar-refractivity contribution in [3.05, 3.63) is 108 Å². The van der Waals surface area contributed by atoms with Gasteiger partial charge in [0.05, 0.1) is 12.5 Å². The number of nitrogens with zero attached hydrogens (tertiary/aromatic N) is 1. The van der Waals surface area contributed by atoms with Crippen molar-refractivity contribution in [2.45, 2.75) is 44.7 Å². The van der Waals surface area contributed by atoms with Crippen LogP contribution < -0.4 is 5.32 Å². The van der Waals surface area contributed by atoms with E-state index in [0.29, 0.717) is 11.1 Å². The summed E-state index contributed by atoms with van der Waals surface area (Å²) in [5, 5.41) is 2.49. The van der Waals surface area contributed by atoms with Crippen LogP contribution in [0, 0.1) is 0 Å². The number of rotatable bonds is 12. The molecule has 9 nitrogen and oxygen atoms in total. The van der Waals surface area contributed by atoms with E-state index in [2.05, 4.69) is 5.32 Å². The lowest BCUT2D eigenvalue weighted by atomic mass is 9.93. The highest BCUT2D eigenvalue weighted by Crippen LogP contribution is 2.29. The lowest BCUT2D eigenvalue weighted by molar-refractivity contribution is -0.179. The van der Waals surface area contributed by atoms with Gasteiger partial charge in [-0.1, -0.05) is 103 Å². The molecule has 0 saturated carbocycles. The van der Waals surface area contributed by atoms with Crippen LogP contribution in [-0.4, -0.2) is 57.6 Å². The van der Waals surface area contributed by atoms with Crippen LogP contribution >= 0.6 is 11.8 Å². The predicted molar refractivity (Wildman–Crippen MR) is 152 cm³/mol. The Morgan fingerprint density at radius 2 is 1.24 bits per heavy atom. The van der Waals surface area contributed by atoms with Gasteiger partial charge in [-0.3, -0.25) is 14.4 Å². The first kappa shape index (κ1) is 29.5. The molecule has 0 radical (unpaired) electrons. The summed E-state index contributed by atoms with van der Waals surface area (Å²) in [6, 6.07) is 23.3. The van der Waals surface area contributed by atoms with Gasteiger partial charge in [0.25, 0.3) is 0 Å². The van der Waals surface area contributed by atoms with E-state index in [1.807, 2.05) is 18.2 Å². The van der Waals surface area contributed by atoms with Gasteiger partial charge in [-0.15, -0.1) is 0 Å². The van der Waals surface area contributed by atoms with Gasteiger partial charge >= 0.3 is 11.9 Å². The minimum absolute atomic E-state index is 0.0405. The molecule has 3 aromatic rings. The van der Waals surface area contributed by atoms with Crippen LogP contribution in [0.3, 0.4) is 0 Å². The molecule has 10 heteroatoms. The molecule has 1 aliphatic heterocycles. The highest BCUT2D eigenvalue weighted by atomic mass is 32.2. The topological polar surface area (TPSA) is 119 Å². The largest absolute Gasteiger partial charge is 0.459 e. The van der Waals surface area contributed by atoms with Gasteiger partial charge in [0.15, 0.2) is 5.12 Å². The molecule has 0 bridgehead atoms. The Hall–Kier alpha value is -4.44. The second kappa shape index (κ2) is 14.3. The molecular weight excluding hydrogens is 544 g/mol. The summed E-state index contributed by atoms with van der Waals surface area (Å²) in [5.41, 5.74) is 2.15. The van der Waals surface area contributed by atoms with Crippen molar-refractivity contribution >= 4 is 40.6 Å². The second-order valence-electron chi connectivity index (χ2n) is 9.41. The van der Waals surface area contributed by atoms with E-state index >= 15 is 0 Å². The van der Waals surface area contributed by atoms with E-state index in [4.69, 9.17) is 9.47 Å². The number of carbonyl (C=O) groups is 5. The maximum absolute atomic E-state index is 13.4.